The normalized spacial score (nSPS) is 47.3. The van der Waals surface area contributed by atoms with Gasteiger partial charge in [-0.05, 0) is 93.4 Å². The third-order valence-corrected chi connectivity index (χ3v) is 9.52. The number of carbonyl (C=O) groups is 1. The van der Waals surface area contributed by atoms with E-state index in [1.165, 1.54) is 38.5 Å². The summed E-state index contributed by atoms with van der Waals surface area (Å²) in [6.07, 6.45) is 12.7. The van der Waals surface area contributed by atoms with Crippen LogP contribution < -0.4 is 5.32 Å². The fourth-order valence-electron chi connectivity index (χ4n) is 8.03. The number of allylic oxidation sites excluding steroid dienone is 1. The van der Waals surface area contributed by atoms with Gasteiger partial charge in [-0.15, -0.1) is 0 Å². The largest absolute Gasteiger partial charge is 0.462 e. The number of ether oxygens (including phenoxy) is 1. The number of esters is 1. The Morgan fingerprint density at radius 1 is 1.19 bits per heavy atom. The molecule has 27 heavy (non-hydrogen) atoms. The molecule has 4 aliphatic carbocycles. The Labute approximate surface area is 165 Å². The van der Waals surface area contributed by atoms with Crippen molar-refractivity contribution in [3.63, 3.8) is 0 Å². The second kappa shape index (κ2) is 6.90. The molecule has 3 fully saturated rings. The Bertz CT molecular complexity index is 628. The van der Waals surface area contributed by atoms with E-state index >= 15 is 0 Å². The quantitative estimate of drug-likeness (QED) is 0.552. The van der Waals surface area contributed by atoms with E-state index in [9.17, 15) is 4.79 Å². The second-order valence-electron chi connectivity index (χ2n) is 10.5. The number of rotatable bonds is 3. The zero-order valence-electron chi connectivity index (χ0n) is 18.0. The first-order valence-electron chi connectivity index (χ1n) is 11.3. The molecule has 152 valence electrons. The van der Waals surface area contributed by atoms with Crippen LogP contribution in [0.1, 0.15) is 79.1 Å². The first kappa shape index (κ1) is 19.5. The Morgan fingerprint density at radius 2 is 1.96 bits per heavy atom. The summed E-state index contributed by atoms with van der Waals surface area (Å²) in [6, 6.07) is 0.626. The Hall–Kier alpha value is -0.830. The fraction of sp³-hybridized carbons (Fsp3) is 0.875. The van der Waals surface area contributed by atoms with Gasteiger partial charge in [0.15, 0.2) is 0 Å². The van der Waals surface area contributed by atoms with Gasteiger partial charge >= 0.3 is 5.97 Å². The first-order chi connectivity index (χ1) is 12.8. The van der Waals surface area contributed by atoms with Gasteiger partial charge in [0.25, 0.3) is 0 Å². The van der Waals surface area contributed by atoms with Crippen LogP contribution in [0.25, 0.3) is 0 Å². The summed E-state index contributed by atoms with van der Waals surface area (Å²) in [5.41, 5.74) is 2.45. The summed E-state index contributed by atoms with van der Waals surface area (Å²) in [7, 11) is 2.13. The Morgan fingerprint density at radius 3 is 2.67 bits per heavy atom. The molecule has 3 nitrogen and oxygen atoms in total. The van der Waals surface area contributed by atoms with Crippen LogP contribution in [0.4, 0.5) is 0 Å². The highest BCUT2D eigenvalue weighted by atomic mass is 16.5. The third kappa shape index (κ3) is 2.99. The molecule has 0 aromatic carbocycles. The average Bonchev–Trinajstić information content (AvgIpc) is 2.98. The second-order valence-corrected chi connectivity index (χ2v) is 10.5. The summed E-state index contributed by atoms with van der Waals surface area (Å²) in [5.74, 6) is 3.28. The molecule has 1 N–H and O–H groups in total. The predicted octanol–water partition coefficient (Wildman–Crippen LogP) is 5.11. The van der Waals surface area contributed by atoms with Crippen LogP contribution in [0.15, 0.2) is 11.6 Å². The van der Waals surface area contributed by atoms with E-state index in [0.717, 1.165) is 36.5 Å². The van der Waals surface area contributed by atoms with E-state index in [0.29, 0.717) is 16.9 Å². The predicted molar refractivity (Wildman–Crippen MR) is 109 cm³/mol. The molecular weight excluding hydrogens is 334 g/mol. The maximum atomic E-state index is 11.4. The molecule has 3 heteroatoms. The van der Waals surface area contributed by atoms with E-state index < -0.39 is 0 Å². The Balaban J connectivity index is 1.56. The third-order valence-electron chi connectivity index (χ3n) is 9.52. The minimum absolute atomic E-state index is 0.111. The topological polar surface area (TPSA) is 38.3 Å². The molecule has 0 amide bonds. The SMILES string of the molecule is CNC(C)C1CCC2C3CC=C4CC(OC(C)=O)CCC4(C)C3CCC12C. The molecule has 8 atom stereocenters. The minimum atomic E-state index is -0.123. The van der Waals surface area contributed by atoms with Gasteiger partial charge in [-0.1, -0.05) is 25.5 Å². The van der Waals surface area contributed by atoms with Gasteiger partial charge in [0, 0.05) is 19.4 Å². The fourth-order valence-corrected chi connectivity index (χ4v) is 8.03. The van der Waals surface area contributed by atoms with Crippen LogP contribution in [0, 0.1) is 34.5 Å². The molecule has 0 aromatic heterocycles. The van der Waals surface area contributed by atoms with E-state index in [1.807, 2.05) is 0 Å². The number of fused-ring (bicyclic) bond motifs is 5. The van der Waals surface area contributed by atoms with Crippen molar-refractivity contribution in [1.82, 2.24) is 5.32 Å². The zero-order chi connectivity index (χ0) is 19.4. The number of nitrogens with one attached hydrogen (secondary N) is 1. The smallest absolute Gasteiger partial charge is 0.302 e. The van der Waals surface area contributed by atoms with Gasteiger partial charge in [-0.3, -0.25) is 4.79 Å². The van der Waals surface area contributed by atoms with Crippen LogP contribution in [-0.2, 0) is 9.53 Å². The Kier molecular flexibility index (Phi) is 4.98. The number of hydrogen-bond donors (Lipinski definition) is 1. The lowest BCUT2D eigenvalue weighted by atomic mass is 9.47. The zero-order valence-corrected chi connectivity index (χ0v) is 18.0. The van der Waals surface area contributed by atoms with Crippen LogP contribution in [0.5, 0.6) is 0 Å². The van der Waals surface area contributed by atoms with E-state index in [4.69, 9.17) is 4.74 Å². The maximum Gasteiger partial charge on any atom is 0.302 e. The standard InChI is InChI=1S/C24H39NO2/c1-15(25-5)20-8-9-21-19-7-6-17-14-18(27-16(2)26)10-12-23(17,3)22(19)11-13-24(20,21)4/h6,15,18-22,25H,7-14H2,1-5H3. The molecule has 3 saturated carbocycles. The van der Waals surface area contributed by atoms with Gasteiger partial charge in [-0.2, -0.15) is 0 Å². The first-order valence-corrected chi connectivity index (χ1v) is 11.3. The molecule has 0 aromatic rings. The molecule has 0 bridgehead atoms. The highest BCUT2D eigenvalue weighted by molar-refractivity contribution is 5.66. The van der Waals surface area contributed by atoms with E-state index in [-0.39, 0.29) is 12.1 Å². The molecule has 0 radical (unpaired) electrons. The van der Waals surface area contributed by atoms with Crippen molar-refractivity contribution < 1.29 is 9.53 Å². The molecular formula is C24H39NO2. The van der Waals surface area contributed by atoms with Crippen molar-refractivity contribution in [2.75, 3.05) is 7.05 Å². The lowest BCUT2D eigenvalue weighted by Crippen LogP contribution is -2.52. The van der Waals surface area contributed by atoms with Crippen LogP contribution in [0.2, 0.25) is 0 Å². The van der Waals surface area contributed by atoms with Gasteiger partial charge in [0.05, 0.1) is 0 Å². The number of hydrogen-bond acceptors (Lipinski definition) is 3. The van der Waals surface area contributed by atoms with Crippen molar-refractivity contribution in [2.24, 2.45) is 34.5 Å². The summed E-state index contributed by atoms with van der Waals surface area (Å²) in [4.78, 5) is 11.4. The number of carbonyl (C=O) groups excluding carboxylic acids is 1. The van der Waals surface area contributed by atoms with E-state index in [2.05, 4.69) is 39.2 Å². The molecule has 0 spiro atoms. The molecule has 0 saturated heterocycles. The summed E-state index contributed by atoms with van der Waals surface area (Å²) >= 11 is 0. The van der Waals surface area contributed by atoms with Crippen LogP contribution in [-0.4, -0.2) is 25.2 Å². The maximum absolute atomic E-state index is 11.4. The lowest BCUT2D eigenvalue weighted by Gasteiger charge is -2.58. The average molecular weight is 374 g/mol. The van der Waals surface area contributed by atoms with Crippen molar-refractivity contribution in [3.8, 4) is 0 Å². The van der Waals surface area contributed by atoms with Crippen molar-refractivity contribution in [1.29, 1.82) is 0 Å². The molecule has 4 rings (SSSR count). The van der Waals surface area contributed by atoms with Crippen molar-refractivity contribution in [2.45, 2.75) is 91.2 Å². The highest BCUT2D eigenvalue weighted by Gasteiger charge is 2.59. The summed E-state index contributed by atoms with van der Waals surface area (Å²) < 4.78 is 5.57. The molecule has 8 unspecified atom stereocenters. The van der Waals surface area contributed by atoms with Gasteiger partial charge in [0.2, 0.25) is 0 Å². The lowest BCUT2D eigenvalue weighted by molar-refractivity contribution is -0.148. The molecule has 0 aliphatic heterocycles. The summed E-state index contributed by atoms with van der Waals surface area (Å²) in [5, 5.41) is 3.56. The highest BCUT2D eigenvalue weighted by Crippen LogP contribution is 2.66. The van der Waals surface area contributed by atoms with Crippen molar-refractivity contribution in [3.05, 3.63) is 11.6 Å². The minimum Gasteiger partial charge on any atom is -0.462 e. The molecule has 0 heterocycles. The van der Waals surface area contributed by atoms with Crippen LogP contribution >= 0.6 is 0 Å². The summed E-state index contributed by atoms with van der Waals surface area (Å²) in [6.45, 7) is 9.08. The van der Waals surface area contributed by atoms with E-state index in [1.54, 1.807) is 12.5 Å². The van der Waals surface area contributed by atoms with Crippen molar-refractivity contribution >= 4 is 5.97 Å². The monoisotopic (exact) mass is 373 g/mol. The van der Waals surface area contributed by atoms with Gasteiger partial charge in [-0.25, -0.2) is 0 Å². The molecule has 4 aliphatic rings. The van der Waals surface area contributed by atoms with Gasteiger partial charge < -0.3 is 10.1 Å². The van der Waals surface area contributed by atoms with Crippen LogP contribution in [0.3, 0.4) is 0 Å². The van der Waals surface area contributed by atoms with Gasteiger partial charge in [0.1, 0.15) is 6.10 Å².